The molecule has 1 saturated heterocycles. The molecule has 1 aromatic carbocycles. The number of esters is 1. The first kappa shape index (κ1) is 15.0. The highest BCUT2D eigenvalue weighted by Gasteiger charge is 2.46. The second-order valence-electron chi connectivity index (χ2n) is 5.85. The van der Waals surface area contributed by atoms with Gasteiger partial charge in [0, 0.05) is 19.6 Å². The molecule has 22 heavy (non-hydrogen) atoms. The number of amides is 1. The number of rotatable bonds is 4. The topological polar surface area (TPSA) is 79.5 Å². The van der Waals surface area contributed by atoms with Crippen LogP contribution >= 0.6 is 0 Å². The van der Waals surface area contributed by atoms with E-state index >= 15 is 0 Å². The van der Waals surface area contributed by atoms with Gasteiger partial charge in [0.15, 0.2) is 0 Å². The quantitative estimate of drug-likeness (QED) is 0.690. The van der Waals surface area contributed by atoms with Gasteiger partial charge in [-0.2, -0.15) is 0 Å². The number of piperazine rings is 1. The van der Waals surface area contributed by atoms with Gasteiger partial charge in [-0.25, -0.2) is 4.79 Å². The van der Waals surface area contributed by atoms with Crippen LogP contribution in [0.25, 0.3) is 0 Å². The summed E-state index contributed by atoms with van der Waals surface area (Å²) in [5, 5.41) is 9.59. The minimum absolute atomic E-state index is 0.0294. The number of methoxy groups -OCH3 is 1. The standard InChI is InChI=1S/C16H21N3O3/c1-22-15(21)11-2-4-12(5-3-11)16(6-7-16)19-14(20)13-10-17-8-9-18-13/h2-5,13,17-18H,6-10H2,1H3,(H,19,20)/t13-/m1/s1. The number of carbonyl (C=O) groups excluding carboxylic acids is 2. The molecule has 6 heteroatoms. The van der Waals surface area contributed by atoms with Crippen LogP contribution in [0.1, 0.15) is 28.8 Å². The number of carbonyl (C=O) groups is 2. The Hall–Kier alpha value is -1.92. The molecule has 118 valence electrons. The molecule has 1 saturated carbocycles. The average Bonchev–Trinajstić information content (AvgIpc) is 3.36. The lowest BCUT2D eigenvalue weighted by Gasteiger charge is -2.26. The molecule has 2 aliphatic rings. The zero-order chi connectivity index (χ0) is 15.6. The van der Waals surface area contributed by atoms with Crippen molar-refractivity contribution in [2.75, 3.05) is 26.7 Å². The normalized spacial score (nSPS) is 22.7. The summed E-state index contributed by atoms with van der Waals surface area (Å²) in [4.78, 5) is 23.8. The number of benzene rings is 1. The molecule has 3 rings (SSSR count). The fourth-order valence-electron chi connectivity index (χ4n) is 2.82. The number of hydrogen-bond donors (Lipinski definition) is 3. The van der Waals surface area contributed by atoms with Gasteiger partial charge in [-0.05, 0) is 30.5 Å². The molecule has 3 N–H and O–H groups in total. The zero-order valence-electron chi connectivity index (χ0n) is 12.6. The van der Waals surface area contributed by atoms with E-state index in [2.05, 4.69) is 16.0 Å². The molecule has 6 nitrogen and oxygen atoms in total. The lowest BCUT2D eigenvalue weighted by Crippen LogP contribution is -2.57. The van der Waals surface area contributed by atoms with Crippen molar-refractivity contribution in [3.63, 3.8) is 0 Å². The summed E-state index contributed by atoms with van der Waals surface area (Å²) in [5.74, 6) is -0.320. The third kappa shape index (κ3) is 2.98. The van der Waals surface area contributed by atoms with Crippen LogP contribution < -0.4 is 16.0 Å². The van der Waals surface area contributed by atoms with Crippen LogP contribution in [0, 0.1) is 0 Å². The Bertz CT molecular complexity index is 561. The molecule has 0 radical (unpaired) electrons. The van der Waals surface area contributed by atoms with E-state index in [1.165, 1.54) is 7.11 Å². The van der Waals surface area contributed by atoms with Crippen molar-refractivity contribution in [2.45, 2.75) is 24.4 Å². The van der Waals surface area contributed by atoms with Crippen molar-refractivity contribution in [1.82, 2.24) is 16.0 Å². The maximum atomic E-state index is 12.4. The Morgan fingerprint density at radius 3 is 2.50 bits per heavy atom. The van der Waals surface area contributed by atoms with Gasteiger partial charge in [-0.1, -0.05) is 12.1 Å². The SMILES string of the molecule is COC(=O)c1ccc(C2(NC(=O)[C@H]3CNCCN3)CC2)cc1. The van der Waals surface area contributed by atoms with Crippen LogP contribution in [0.3, 0.4) is 0 Å². The van der Waals surface area contributed by atoms with E-state index in [0.717, 1.165) is 31.5 Å². The summed E-state index contributed by atoms with van der Waals surface area (Å²) in [7, 11) is 1.37. The Labute approximate surface area is 129 Å². The summed E-state index contributed by atoms with van der Waals surface area (Å²) in [6.45, 7) is 2.35. The van der Waals surface area contributed by atoms with Gasteiger partial charge < -0.3 is 20.7 Å². The van der Waals surface area contributed by atoms with E-state index < -0.39 is 0 Å². The predicted octanol–water partition coefficient (Wildman–Crippen LogP) is 0.140. The highest BCUT2D eigenvalue weighted by atomic mass is 16.5. The third-order valence-electron chi connectivity index (χ3n) is 4.33. The smallest absolute Gasteiger partial charge is 0.337 e. The summed E-state index contributed by atoms with van der Waals surface area (Å²) < 4.78 is 4.70. The van der Waals surface area contributed by atoms with E-state index in [0.29, 0.717) is 12.1 Å². The first-order valence-corrected chi connectivity index (χ1v) is 7.60. The Morgan fingerprint density at radius 1 is 1.23 bits per heavy atom. The van der Waals surface area contributed by atoms with Crippen molar-refractivity contribution in [1.29, 1.82) is 0 Å². The molecule has 2 fully saturated rings. The van der Waals surface area contributed by atoms with Crippen LogP contribution in [0.2, 0.25) is 0 Å². The Balaban J connectivity index is 1.68. The second kappa shape index (κ2) is 6.06. The van der Waals surface area contributed by atoms with Crippen molar-refractivity contribution >= 4 is 11.9 Å². The van der Waals surface area contributed by atoms with Gasteiger partial charge in [0.2, 0.25) is 5.91 Å². The molecule has 1 heterocycles. The second-order valence-corrected chi connectivity index (χ2v) is 5.85. The lowest BCUT2D eigenvalue weighted by molar-refractivity contribution is -0.124. The molecule has 0 spiro atoms. The van der Waals surface area contributed by atoms with Crippen molar-refractivity contribution in [3.8, 4) is 0 Å². The maximum absolute atomic E-state index is 12.4. The number of hydrogen-bond acceptors (Lipinski definition) is 5. The van der Waals surface area contributed by atoms with Crippen molar-refractivity contribution < 1.29 is 14.3 Å². The van der Waals surface area contributed by atoms with Crippen LogP contribution in [0.4, 0.5) is 0 Å². The largest absolute Gasteiger partial charge is 0.465 e. The van der Waals surface area contributed by atoms with Crippen LogP contribution in [0.15, 0.2) is 24.3 Å². The Kier molecular flexibility index (Phi) is 4.13. The summed E-state index contributed by atoms with van der Waals surface area (Å²) in [6.07, 6.45) is 1.85. The molecular weight excluding hydrogens is 282 g/mol. The van der Waals surface area contributed by atoms with Crippen molar-refractivity contribution in [2.24, 2.45) is 0 Å². The highest BCUT2D eigenvalue weighted by Crippen LogP contribution is 2.45. The molecule has 0 unspecified atom stereocenters. The fourth-order valence-corrected chi connectivity index (χ4v) is 2.82. The summed E-state index contributed by atoms with van der Waals surface area (Å²) in [5.41, 5.74) is 1.29. The molecule has 0 bridgehead atoms. The average molecular weight is 303 g/mol. The minimum atomic E-state index is -0.349. The van der Waals surface area contributed by atoms with Crippen LogP contribution in [-0.2, 0) is 15.1 Å². The van der Waals surface area contributed by atoms with Gasteiger partial charge in [0.1, 0.15) is 0 Å². The molecule has 1 atom stereocenters. The molecule has 1 aromatic rings. The van der Waals surface area contributed by atoms with Gasteiger partial charge in [-0.3, -0.25) is 4.79 Å². The Morgan fingerprint density at radius 2 is 1.95 bits per heavy atom. The molecule has 1 aliphatic carbocycles. The summed E-state index contributed by atoms with van der Waals surface area (Å²) in [6, 6.07) is 7.10. The number of nitrogens with one attached hydrogen (secondary N) is 3. The zero-order valence-corrected chi connectivity index (χ0v) is 12.6. The van der Waals surface area contributed by atoms with Crippen molar-refractivity contribution in [3.05, 3.63) is 35.4 Å². The molecule has 1 amide bonds. The van der Waals surface area contributed by atoms with E-state index in [1.54, 1.807) is 12.1 Å². The lowest BCUT2D eigenvalue weighted by atomic mass is 10.0. The first-order valence-electron chi connectivity index (χ1n) is 7.60. The number of ether oxygens (including phenoxy) is 1. The first-order chi connectivity index (χ1) is 10.6. The van der Waals surface area contributed by atoms with E-state index in [4.69, 9.17) is 4.74 Å². The molecule has 0 aromatic heterocycles. The maximum Gasteiger partial charge on any atom is 0.337 e. The van der Waals surface area contributed by atoms with Gasteiger partial charge in [-0.15, -0.1) is 0 Å². The van der Waals surface area contributed by atoms with Gasteiger partial charge >= 0.3 is 5.97 Å². The van der Waals surface area contributed by atoms with E-state index in [9.17, 15) is 9.59 Å². The highest BCUT2D eigenvalue weighted by molar-refractivity contribution is 5.89. The molecule has 1 aliphatic heterocycles. The third-order valence-corrected chi connectivity index (χ3v) is 4.33. The summed E-state index contributed by atoms with van der Waals surface area (Å²) >= 11 is 0. The van der Waals surface area contributed by atoms with Crippen LogP contribution in [0.5, 0.6) is 0 Å². The predicted molar refractivity (Wildman–Crippen MR) is 81.5 cm³/mol. The van der Waals surface area contributed by atoms with Gasteiger partial charge in [0.05, 0.1) is 24.3 Å². The van der Waals surface area contributed by atoms with Gasteiger partial charge in [0.25, 0.3) is 0 Å². The van der Waals surface area contributed by atoms with E-state index in [1.807, 2.05) is 12.1 Å². The monoisotopic (exact) mass is 303 g/mol. The fraction of sp³-hybridized carbons (Fsp3) is 0.500. The van der Waals surface area contributed by atoms with E-state index in [-0.39, 0.29) is 23.5 Å². The van der Waals surface area contributed by atoms with Crippen LogP contribution in [-0.4, -0.2) is 44.7 Å². The molecular formula is C16H21N3O3. The minimum Gasteiger partial charge on any atom is -0.465 e.